The summed E-state index contributed by atoms with van der Waals surface area (Å²) in [6.45, 7) is 9.38. The molecule has 0 saturated carbocycles. The Morgan fingerprint density at radius 3 is 2.76 bits per heavy atom. The van der Waals surface area contributed by atoms with Gasteiger partial charge in [0, 0.05) is 16.3 Å². The Balaban J connectivity index is 1.84. The van der Waals surface area contributed by atoms with Gasteiger partial charge in [0.2, 0.25) is 5.91 Å². The van der Waals surface area contributed by atoms with Crippen molar-refractivity contribution in [1.82, 2.24) is 5.32 Å². The van der Waals surface area contributed by atoms with E-state index in [2.05, 4.69) is 23.3 Å². The van der Waals surface area contributed by atoms with Crippen molar-refractivity contribution in [2.75, 3.05) is 17.7 Å². The number of allylic oxidation sites excluding steroid dienone is 2. The van der Waals surface area contributed by atoms with Gasteiger partial charge in [-0.05, 0) is 43.8 Å². The number of dihydropyridines is 1. The molecule has 1 aliphatic rings. The molecule has 33 heavy (non-hydrogen) atoms. The third kappa shape index (κ3) is 5.75. The van der Waals surface area contributed by atoms with Gasteiger partial charge in [-0.1, -0.05) is 48.2 Å². The van der Waals surface area contributed by atoms with E-state index < -0.39 is 11.9 Å². The summed E-state index contributed by atoms with van der Waals surface area (Å²) in [5, 5.41) is 18.5. The number of thioether (sulfide) groups is 1. The molecule has 0 bridgehead atoms. The number of carbonyl (C=O) groups excluding carboxylic acids is 2. The first-order valence-corrected chi connectivity index (χ1v) is 12.2. The molecule has 2 N–H and O–H groups in total. The van der Waals surface area contributed by atoms with E-state index in [0.29, 0.717) is 21.9 Å². The second-order valence-electron chi connectivity index (χ2n) is 7.51. The van der Waals surface area contributed by atoms with Crippen molar-refractivity contribution >= 4 is 40.7 Å². The van der Waals surface area contributed by atoms with E-state index >= 15 is 0 Å². The molecule has 170 valence electrons. The minimum absolute atomic E-state index is 0.0819. The standard InChI is InChI=1S/C25H25N3O3S2/c1-5-10-31-25(30)22-17(4)27-24(18(13-26)23(22)20-7-6-11-32-20)33-14-21(29)28-19-9-8-15(2)12-16(19)3/h5-9,11-12,23,27H,1,10,14H2,2-4H3,(H,28,29)/t23-/m0/s1. The monoisotopic (exact) mass is 479 g/mol. The number of rotatable bonds is 8. The van der Waals surface area contributed by atoms with Crippen molar-refractivity contribution in [3.05, 3.63) is 86.2 Å². The van der Waals surface area contributed by atoms with Gasteiger partial charge in [0.25, 0.3) is 0 Å². The zero-order chi connectivity index (χ0) is 24.0. The van der Waals surface area contributed by atoms with E-state index in [4.69, 9.17) is 4.74 Å². The first-order chi connectivity index (χ1) is 15.8. The molecule has 1 aromatic heterocycles. The number of ether oxygens (including phenoxy) is 1. The normalized spacial score (nSPS) is 15.5. The summed E-state index contributed by atoms with van der Waals surface area (Å²) in [5.41, 5.74) is 4.24. The largest absolute Gasteiger partial charge is 0.458 e. The number of thiophene rings is 1. The van der Waals surface area contributed by atoms with Crippen LogP contribution in [0.25, 0.3) is 0 Å². The van der Waals surface area contributed by atoms with E-state index in [1.54, 1.807) is 6.92 Å². The molecule has 0 fully saturated rings. The molecule has 0 saturated heterocycles. The molecule has 0 spiro atoms. The fourth-order valence-electron chi connectivity index (χ4n) is 3.53. The van der Waals surface area contributed by atoms with E-state index in [9.17, 15) is 14.9 Å². The molecule has 3 rings (SSSR count). The Kier molecular flexibility index (Phi) is 8.15. The number of nitrogens with zero attached hydrogens (tertiary/aromatic N) is 1. The van der Waals surface area contributed by atoms with Crippen molar-refractivity contribution in [2.24, 2.45) is 0 Å². The number of esters is 1. The van der Waals surface area contributed by atoms with Crippen molar-refractivity contribution in [3.8, 4) is 6.07 Å². The van der Waals surface area contributed by atoms with Crippen LogP contribution in [-0.2, 0) is 14.3 Å². The SMILES string of the molecule is C=CCOC(=O)C1=C(C)NC(SCC(=O)Nc2ccc(C)cc2C)=C(C#N)[C@H]1c1cccs1. The second-order valence-corrected chi connectivity index (χ2v) is 9.47. The van der Waals surface area contributed by atoms with Crippen molar-refractivity contribution < 1.29 is 14.3 Å². The molecule has 0 unspecified atom stereocenters. The fourth-order valence-corrected chi connectivity index (χ4v) is 5.26. The molecule has 1 aromatic carbocycles. The average Bonchev–Trinajstić information content (AvgIpc) is 3.32. The molecular formula is C25H25N3O3S2. The molecule has 1 atom stereocenters. The predicted molar refractivity (Wildman–Crippen MR) is 134 cm³/mol. The number of anilines is 1. The number of hydrogen-bond donors (Lipinski definition) is 2. The molecule has 1 amide bonds. The highest BCUT2D eigenvalue weighted by molar-refractivity contribution is 8.03. The Morgan fingerprint density at radius 1 is 1.33 bits per heavy atom. The van der Waals surface area contributed by atoms with Crippen molar-refractivity contribution in [3.63, 3.8) is 0 Å². The quantitative estimate of drug-likeness (QED) is 0.401. The summed E-state index contributed by atoms with van der Waals surface area (Å²) >= 11 is 2.70. The van der Waals surface area contributed by atoms with Crippen LogP contribution >= 0.6 is 23.1 Å². The van der Waals surface area contributed by atoms with Gasteiger partial charge in [0.15, 0.2) is 0 Å². The third-order valence-electron chi connectivity index (χ3n) is 5.03. The van der Waals surface area contributed by atoms with E-state index in [1.807, 2.05) is 49.6 Å². The number of nitrogens with one attached hydrogen (secondary N) is 2. The molecular weight excluding hydrogens is 454 g/mol. The van der Waals surface area contributed by atoms with Gasteiger partial charge >= 0.3 is 5.97 Å². The highest BCUT2D eigenvalue weighted by Crippen LogP contribution is 2.42. The summed E-state index contributed by atoms with van der Waals surface area (Å²) < 4.78 is 5.29. The van der Waals surface area contributed by atoms with Gasteiger partial charge < -0.3 is 15.4 Å². The van der Waals surface area contributed by atoms with Crippen LogP contribution in [0.5, 0.6) is 0 Å². The molecule has 1 aliphatic heterocycles. The fraction of sp³-hybridized carbons (Fsp3) is 0.240. The average molecular weight is 480 g/mol. The molecule has 8 heteroatoms. The number of carbonyl (C=O) groups is 2. The summed E-state index contributed by atoms with van der Waals surface area (Å²) in [4.78, 5) is 26.3. The lowest BCUT2D eigenvalue weighted by Crippen LogP contribution is -2.29. The Hall–Kier alpha value is -3.28. The maximum atomic E-state index is 12.8. The second kappa shape index (κ2) is 11.0. The predicted octanol–water partition coefficient (Wildman–Crippen LogP) is 5.16. The minimum Gasteiger partial charge on any atom is -0.458 e. The molecule has 0 aliphatic carbocycles. The molecule has 6 nitrogen and oxygen atoms in total. The lowest BCUT2D eigenvalue weighted by Gasteiger charge is -2.28. The number of benzene rings is 1. The highest BCUT2D eigenvalue weighted by Gasteiger charge is 2.36. The first kappa shape index (κ1) is 24.4. The zero-order valence-electron chi connectivity index (χ0n) is 18.7. The Labute approximate surface area is 202 Å². The van der Waals surface area contributed by atoms with E-state index in [0.717, 1.165) is 21.7 Å². The van der Waals surface area contributed by atoms with Gasteiger partial charge in [-0.25, -0.2) is 4.79 Å². The highest BCUT2D eigenvalue weighted by atomic mass is 32.2. The van der Waals surface area contributed by atoms with Gasteiger partial charge in [0.1, 0.15) is 6.61 Å². The van der Waals surface area contributed by atoms with Gasteiger partial charge in [0.05, 0.1) is 33.9 Å². The zero-order valence-corrected chi connectivity index (χ0v) is 20.4. The van der Waals surface area contributed by atoms with E-state index in [1.165, 1.54) is 29.2 Å². The van der Waals surface area contributed by atoms with Crippen LogP contribution in [0.3, 0.4) is 0 Å². The minimum atomic E-state index is -0.557. The lowest BCUT2D eigenvalue weighted by molar-refractivity contribution is -0.138. The Bertz CT molecular complexity index is 1170. The summed E-state index contributed by atoms with van der Waals surface area (Å²) in [6, 6.07) is 11.9. The van der Waals surface area contributed by atoms with Crippen molar-refractivity contribution in [2.45, 2.75) is 26.7 Å². The van der Waals surface area contributed by atoms with Gasteiger partial charge in [-0.15, -0.1) is 11.3 Å². The lowest BCUT2D eigenvalue weighted by atomic mass is 9.87. The van der Waals surface area contributed by atoms with Crippen LogP contribution in [0.15, 0.2) is 70.2 Å². The smallest absolute Gasteiger partial charge is 0.337 e. The summed E-state index contributed by atoms with van der Waals surface area (Å²) in [7, 11) is 0. The number of aryl methyl sites for hydroxylation is 2. The van der Waals surface area contributed by atoms with Crippen LogP contribution in [0.2, 0.25) is 0 Å². The number of hydrogen-bond acceptors (Lipinski definition) is 7. The number of nitriles is 1. The van der Waals surface area contributed by atoms with Crippen LogP contribution in [0, 0.1) is 25.2 Å². The topological polar surface area (TPSA) is 91.2 Å². The van der Waals surface area contributed by atoms with Crippen LogP contribution in [-0.4, -0.2) is 24.2 Å². The summed E-state index contributed by atoms with van der Waals surface area (Å²) in [6.07, 6.45) is 1.50. The molecule has 2 heterocycles. The number of amides is 1. The third-order valence-corrected chi connectivity index (χ3v) is 6.99. The van der Waals surface area contributed by atoms with Crippen molar-refractivity contribution in [1.29, 1.82) is 5.26 Å². The van der Waals surface area contributed by atoms with Crippen LogP contribution in [0.1, 0.15) is 28.8 Å². The van der Waals surface area contributed by atoms with Crippen LogP contribution in [0.4, 0.5) is 5.69 Å². The first-order valence-electron chi connectivity index (χ1n) is 10.3. The maximum absolute atomic E-state index is 12.8. The van der Waals surface area contributed by atoms with Gasteiger partial charge in [-0.2, -0.15) is 5.26 Å². The molecule has 0 radical (unpaired) electrons. The van der Waals surface area contributed by atoms with E-state index in [-0.39, 0.29) is 18.3 Å². The maximum Gasteiger partial charge on any atom is 0.337 e. The molecule has 2 aromatic rings. The summed E-state index contributed by atoms with van der Waals surface area (Å²) in [5.74, 6) is -1.12. The Morgan fingerprint density at radius 2 is 2.12 bits per heavy atom. The van der Waals surface area contributed by atoms with Gasteiger partial charge in [-0.3, -0.25) is 4.79 Å². The van der Waals surface area contributed by atoms with Crippen LogP contribution < -0.4 is 10.6 Å².